The van der Waals surface area contributed by atoms with Crippen molar-refractivity contribution in [2.75, 3.05) is 0 Å². The number of nitrogens with two attached hydrogens (primary N) is 1. The summed E-state index contributed by atoms with van der Waals surface area (Å²) in [5.74, 6) is -0.475. The van der Waals surface area contributed by atoms with Crippen LogP contribution in [-0.2, 0) is 11.2 Å². The first-order valence-corrected chi connectivity index (χ1v) is 6.71. The third-order valence-corrected chi connectivity index (χ3v) is 4.46. The molecule has 2 N–H and O–H groups in total. The molecule has 0 radical (unpaired) electrons. The SMILES string of the molecule is NC(=O)C1Cc2ccccc2Sc2ccccc21. The normalized spacial score (nSPS) is 17.4. The molecule has 0 saturated heterocycles. The summed E-state index contributed by atoms with van der Waals surface area (Å²) in [5.41, 5.74) is 7.80. The summed E-state index contributed by atoms with van der Waals surface area (Å²) < 4.78 is 0. The van der Waals surface area contributed by atoms with Crippen molar-refractivity contribution in [3.8, 4) is 0 Å². The van der Waals surface area contributed by atoms with Gasteiger partial charge in [0.1, 0.15) is 0 Å². The van der Waals surface area contributed by atoms with Crippen LogP contribution < -0.4 is 5.73 Å². The molecule has 2 aromatic rings. The largest absolute Gasteiger partial charge is 0.369 e. The van der Waals surface area contributed by atoms with E-state index in [2.05, 4.69) is 18.2 Å². The highest BCUT2D eigenvalue weighted by Gasteiger charge is 2.25. The van der Waals surface area contributed by atoms with Crippen LogP contribution in [0.15, 0.2) is 58.3 Å². The van der Waals surface area contributed by atoms with Gasteiger partial charge in [-0.15, -0.1) is 0 Å². The standard InChI is InChI=1S/C15H13NOS/c16-15(17)12-9-10-5-1-3-7-13(10)18-14-8-4-2-6-11(12)14/h1-8,12H,9H2,(H2,16,17). The molecule has 1 atom stereocenters. The molecule has 1 unspecified atom stereocenters. The van der Waals surface area contributed by atoms with Crippen molar-refractivity contribution in [1.82, 2.24) is 0 Å². The first kappa shape index (κ1) is 11.4. The van der Waals surface area contributed by atoms with Crippen molar-refractivity contribution in [2.24, 2.45) is 5.73 Å². The van der Waals surface area contributed by atoms with Gasteiger partial charge < -0.3 is 5.73 Å². The predicted molar refractivity (Wildman–Crippen MR) is 72.6 cm³/mol. The second kappa shape index (κ2) is 4.50. The molecule has 0 aromatic heterocycles. The van der Waals surface area contributed by atoms with Gasteiger partial charge in [-0.05, 0) is 29.7 Å². The second-order valence-electron chi connectivity index (χ2n) is 4.41. The third kappa shape index (κ3) is 1.91. The Bertz CT molecular complexity index is 609. The first-order chi connectivity index (χ1) is 8.75. The van der Waals surface area contributed by atoms with Gasteiger partial charge in [0.25, 0.3) is 0 Å². The van der Waals surface area contributed by atoms with Gasteiger partial charge in [-0.1, -0.05) is 48.2 Å². The fourth-order valence-corrected chi connectivity index (χ4v) is 3.48. The Morgan fingerprint density at radius 1 is 1.06 bits per heavy atom. The summed E-state index contributed by atoms with van der Waals surface area (Å²) in [4.78, 5) is 14.0. The zero-order valence-corrected chi connectivity index (χ0v) is 10.6. The fourth-order valence-electron chi connectivity index (χ4n) is 2.34. The summed E-state index contributed by atoms with van der Waals surface area (Å²) in [6.45, 7) is 0. The molecule has 1 aliphatic heterocycles. The molecule has 0 fully saturated rings. The Kier molecular flexibility index (Phi) is 2.84. The Morgan fingerprint density at radius 2 is 1.72 bits per heavy atom. The van der Waals surface area contributed by atoms with Crippen LogP contribution in [0.25, 0.3) is 0 Å². The van der Waals surface area contributed by atoms with Crippen molar-refractivity contribution in [1.29, 1.82) is 0 Å². The maximum atomic E-state index is 11.7. The minimum Gasteiger partial charge on any atom is -0.369 e. The van der Waals surface area contributed by atoms with Crippen LogP contribution in [0.2, 0.25) is 0 Å². The van der Waals surface area contributed by atoms with E-state index < -0.39 is 0 Å². The van der Waals surface area contributed by atoms with Gasteiger partial charge in [0, 0.05) is 9.79 Å². The molecule has 18 heavy (non-hydrogen) atoms. The van der Waals surface area contributed by atoms with E-state index in [0.29, 0.717) is 6.42 Å². The zero-order valence-electron chi connectivity index (χ0n) is 9.80. The van der Waals surface area contributed by atoms with Gasteiger partial charge in [-0.25, -0.2) is 0 Å². The average Bonchev–Trinajstić information content (AvgIpc) is 2.55. The Labute approximate surface area is 110 Å². The summed E-state index contributed by atoms with van der Waals surface area (Å²) in [6.07, 6.45) is 0.690. The highest BCUT2D eigenvalue weighted by atomic mass is 32.2. The second-order valence-corrected chi connectivity index (χ2v) is 5.49. The van der Waals surface area contributed by atoms with Gasteiger partial charge in [0.05, 0.1) is 5.92 Å². The lowest BCUT2D eigenvalue weighted by atomic mass is 9.91. The highest BCUT2D eigenvalue weighted by Crippen LogP contribution is 2.41. The van der Waals surface area contributed by atoms with E-state index >= 15 is 0 Å². The van der Waals surface area contributed by atoms with E-state index in [-0.39, 0.29) is 11.8 Å². The number of hydrogen-bond acceptors (Lipinski definition) is 2. The molecule has 0 bridgehead atoms. The Hall–Kier alpha value is -1.74. The third-order valence-electron chi connectivity index (χ3n) is 3.25. The first-order valence-electron chi connectivity index (χ1n) is 5.89. The molecule has 0 aliphatic carbocycles. The van der Waals surface area contributed by atoms with Crippen molar-refractivity contribution < 1.29 is 4.79 Å². The molecule has 1 heterocycles. The number of hydrogen-bond donors (Lipinski definition) is 1. The Morgan fingerprint density at radius 3 is 2.50 bits per heavy atom. The number of primary amides is 1. The van der Waals surface area contributed by atoms with Crippen LogP contribution in [0, 0.1) is 0 Å². The molecule has 0 saturated carbocycles. The van der Waals surface area contributed by atoms with E-state index in [1.165, 1.54) is 10.5 Å². The van der Waals surface area contributed by atoms with Gasteiger partial charge in [-0.3, -0.25) is 4.79 Å². The lowest BCUT2D eigenvalue weighted by molar-refractivity contribution is -0.119. The minimum absolute atomic E-state index is 0.225. The van der Waals surface area contributed by atoms with Crippen molar-refractivity contribution in [3.05, 3.63) is 59.7 Å². The van der Waals surface area contributed by atoms with Gasteiger partial charge >= 0.3 is 0 Å². The smallest absolute Gasteiger partial charge is 0.225 e. The number of rotatable bonds is 1. The number of benzene rings is 2. The van der Waals surface area contributed by atoms with Crippen LogP contribution >= 0.6 is 11.8 Å². The zero-order chi connectivity index (χ0) is 12.5. The van der Waals surface area contributed by atoms with E-state index in [1.54, 1.807) is 11.8 Å². The fraction of sp³-hybridized carbons (Fsp3) is 0.133. The molecule has 90 valence electrons. The topological polar surface area (TPSA) is 43.1 Å². The van der Waals surface area contributed by atoms with E-state index in [0.717, 1.165) is 10.5 Å². The van der Waals surface area contributed by atoms with E-state index in [1.807, 2.05) is 30.3 Å². The maximum Gasteiger partial charge on any atom is 0.225 e. The van der Waals surface area contributed by atoms with Crippen molar-refractivity contribution in [3.63, 3.8) is 0 Å². The van der Waals surface area contributed by atoms with Crippen molar-refractivity contribution in [2.45, 2.75) is 22.1 Å². The minimum atomic E-state index is -0.250. The summed E-state index contributed by atoms with van der Waals surface area (Å²) in [5, 5.41) is 0. The van der Waals surface area contributed by atoms with Crippen LogP contribution in [0.5, 0.6) is 0 Å². The quantitative estimate of drug-likeness (QED) is 0.851. The van der Waals surface area contributed by atoms with E-state index in [9.17, 15) is 4.79 Å². The molecule has 1 aliphatic rings. The summed E-state index contributed by atoms with van der Waals surface area (Å²) in [6, 6.07) is 16.2. The molecule has 0 spiro atoms. The monoisotopic (exact) mass is 255 g/mol. The van der Waals surface area contributed by atoms with Crippen LogP contribution in [0.4, 0.5) is 0 Å². The molecule has 3 heteroatoms. The van der Waals surface area contributed by atoms with E-state index in [4.69, 9.17) is 5.73 Å². The molecular formula is C15H13NOS. The molecule has 1 amide bonds. The molecule has 3 rings (SSSR count). The summed E-state index contributed by atoms with van der Waals surface area (Å²) >= 11 is 1.72. The number of carbonyl (C=O) groups is 1. The van der Waals surface area contributed by atoms with Crippen LogP contribution in [-0.4, -0.2) is 5.91 Å². The summed E-state index contributed by atoms with van der Waals surface area (Å²) in [7, 11) is 0. The lowest BCUT2D eigenvalue weighted by Crippen LogP contribution is -2.23. The lowest BCUT2D eigenvalue weighted by Gasteiger charge is -2.13. The molecule has 2 aromatic carbocycles. The number of amides is 1. The van der Waals surface area contributed by atoms with Gasteiger partial charge in [-0.2, -0.15) is 0 Å². The molecule has 2 nitrogen and oxygen atoms in total. The maximum absolute atomic E-state index is 11.7. The van der Waals surface area contributed by atoms with Crippen LogP contribution in [0.3, 0.4) is 0 Å². The highest BCUT2D eigenvalue weighted by molar-refractivity contribution is 7.99. The van der Waals surface area contributed by atoms with Crippen LogP contribution in [0.1, 0.15) is 17.0 Å². The number of fused-ring (bicyclic) bond motifs is 2. The van der Waals surface area contributed by atoms with Gasteiger partial charge in [0.15, 0.2) is 0 Å². The average molecular weight is 255 g/mol. The van der Waals surface area contributed by atoms with Crippen molar-refractivity contribution >= 4 is 17.7 Å². The van der Waals surface area contributed by atoms with Gasteiger partial charge in [0.2, 0.25) is 5.91 Å². The number of carbonyl (C=O) groups excluding carboxylic acids is 1. The predicted octanol–water partition coefficient (Wildman–Crippen LogP) is 2.96. The Balaban J connectivity index is 2.17. The molecular weight excluding hydrogens is 242 g/mol.